The summed E-state index contributed by atoms with van der Waals surface area (Å²) in [6.07, 6.45) is 0.0515. The Hall–Kier alpha value is -1.39. The number of nitrogens with zero attached hydrogens (tertiary/aromatic N) is 1. The van der Waals surface area contributed by atoms with Gasteiger partial charge in [-0.1, -0.05) is 40.2 Å². The van der Waals surface area contributed by atoms with Crippen molar-refractivity contribution in [3.63, 3.8) is 0 Å². The van der Waals surface area contributed by atoms with Crippen LogP contribution in [0.5, 0.6) is 0 Å². The molecule has 0 spiro atoms. The fourth-order valence-electron chi connectivity index (χ4n) is 2.32. The van der Waals surface area contributed by atoms with Gasteiger partial charge in [0.2, 0.25) is 0 Å². The SMILES string of the molecule is CCN(CCC(O)c1ccccc1Br)c1cccc(F)c1. The van der Waals surface area contributed by atoms with E-state index >= 15 is 0 Å². The highest BCUT2D eigenvalue weighted by Crippen LogP contribution is 2.26. The van der Waals surface area contributed by atoms with Crippen LogP contribution >= 0.6 is 15.9 Å². The number of benzene rings is 2. The molecule has 0 aliphatic heterocycles. The van der Waals surface area contributed by atoms with Gasteiger partial charge in [-0.15, -0.1) is 0 Å². The molecule has 112 valence electrons. The Kier molecular flexibility index (Phi) is 5.76. The summed E-state index contributed by atoms with van der Waals surface area (Å²) in [5.74, 6) is -0.239. The first-order chi connectivity index (χ1) is 10.1. The van der Waals surface area contributed by atoms with Crippen LogP contribution in [0.4, 0.5) is 10.1 Å². The maximum atomic E-state index is 13.3. The van der Waals surface area contributed by atoms with Crippen LogP contribution in [0, 0.1) is 5.82 Å². The van der Waals surface area contributed by atoms with Gasteiger partial charge >= 0.3 is 0 Å². The maximum Gasteiger partial charge on any atom is 0.125 e. The molecule has 0 saturated carbocycles. The molecule has 0 aromatic heterocycles. The Morgan fingerprint density at radius 3 is 2.62 bits per heavy atom. The molecule has 0 amide bonds. The molecule has 0 bridgehead atoms. The van der Waals surface area contributed by atoms with Crippen LogP contribution in [-0.4, -0.2) is 18.2 Å². The molecule has 0 heterocycles. The second kappa shape index (κ2) is 7.57. The lowest BCUT2D eigenvalue weighted by Crippen LogP contribution is -2.25. The molecule has 2 aromatic carbocycles. The van der Waals surface area contributed by atoms with E-state index in [0.29, 0.717) is 13.0 Å². The van der Waals surface area contributed by atoms with Gasteiger partial charge < -0.3 is 10.0 Å². The normalized spacial score (nSPS) is 12.2. The minimum atomic E-state index is -0.539. The van der Waals surface area contributed by atoms with E-state index in [2.05, 4.69) is 20.8 Å². The van der Waals surface area contributed by atoms with Gasteiger partial charge in [-0.05, 0) is 43.2 Å². The van der Waals surface area contributed by atoms with Gasteiger partial charge in [0.1, 0.15) is 5.82 Å². The second-order valence-electron chi connectivity index (χ2n) is 4.89. The highest BCUT2D eigenvalue weighted by atomic mass is 79.9. The molecular weight excluding hydrogens is 333 g/mol. The van der Waals surface area contributed by atoms with E-state index in [0.717, 1.165) is 22.3 Å². The molecule has 0 aliphatic rings. The highest BCUT2D eigenvalue weighted by Gasteiger charge is 2.13. The van der Waals surface area contributed by atoms with Crippen molar-refractivity contribution in [2.45, 2.75) is 19.4 Å². The number of aliphatic hydroxyl groups excluding tert-OH is 1. The number of aliphatic hydroxyl groups is 1. The molecule has 21 heavy (non-hydrogen) atoms. The first-order valence-electron chi connectivity index (χ1n) is 7.04. The monoisotopic (exact) mass is 351 g/mol. The molecule has 1 N–H and O–H groups in total. The van der Waals surface area contributed by atoms with E-state index in [4.69, 9.17) is 0 Å². The van der Waals surface area contributed by atoms with Crippen molar-refractivity contribution < 1.29 is 9.50 Å². The highest BCUT2D eigenvalue weighted by molar-refractivity contribution is 9.10. The Labute approximate surface area is 133 Å². The Morgan fingerprint density at radius 1 is 1.19 bits per heavy atom. The smallest absolute Gasteiger partial charge is 0.125 e. The summed E-state index contributed by atoms with van der Waals surface area (Å²) in [5, 5.41) is 10.3. The molecule has 2 nitrogen and oxygen atoms in total. The molecule has 2 aromatic rings. The fourth-order valence-corrected chi connectivity index (χ4v) is 2.87. The van der Waals surface area contributed by atoms with Crippen molar-refractivity contribution in [1.82, 2.24) is 0 Å². The van der Waals surface area contributed by atoms with Gasteiger partial charge in [0.05, 0.1) is 6.10 Å². The van der Waals surface area contributed by atoms with Crippen LogP contribution < -0.4 is 4.90 Å². The zero-order chi connectivity index (χ0) is 15.2. The van der Waals surface area contributed by atoms with Crippen LogP contribution in [0.3, 0.4) is 0 Å². The second-order valence-corrected chi connectivity index (χ2v) is 5.74. The topological polar surface area (TPSA) is 23.5 Å². The quantitative estimate of drug-likeness (QED) is 0.825. The molecule has 4 heteroatoms. The third-order valence-corrected chi connectivity index (χ3v) is 4.21. The van der Waals surface area contributed by atoms with Gasteiger partial charge in [-0.2, -0.15) is 0 Å². The zero-order valence-electron chi connectivity index (χ0n) is 12.0. The first kappa shape index (κ1) is 16.0. The maximum absolute atomic E-state index is 13.3. The fraction of sp³-hybridized carbons (Fsp3) is 0.294. The van der Waals surface area contributed by atoms with E-state index in [-0.39, 0.29) is 5.82 Å². The third kappa shape index (κ3) is 4.29. The lowest BCUT2D eigenvalue weighted by Gasteiger charge is -2.25. The summed E-state index contributed by atoms with van der Waals surface area (Å²) in [4.78, 5) is 2.06. The van der Waals surface area contributed by atoms with Crippen molar-refractivity contribution in [1.29, 1.82) is 0 Å². The Balaban J connectivity index is 2.02. The molecule has 1 unspecified atom stereocenters. The van der Waals surface area contributed by atoms with Crippen molar-refractivity contribution in [3.05, 3.63) is 64.4 Å². The summed E-state index contributed by atoms with van der Waals surface area (Å²) in [6.45, 7) is 3.46. The van der Waals surface area contributed by atoms with Crippen molar-refractivity contribution in [2.24, 2.45) is 0 Å². The van der Waals surface area contributed by atoms with Crippen LogP contribution in [0.1, 0.15) is 25.0 Å². The van der Waals surface area contributed by atoms with E-state index < -0.39 is 6.10 Å². The zero-order valence-corrected chi connectivity index (χ0v) is 13.6. The van der Waals surface area contributed by atoms with Crippen molar-refractivity contribution >= 4 is 21.6 Å². The number of rotatable bonds is 6. The summed E-state index contributed by atoms with van der Waals surface area (Å²) in [5.41, 5.74) is 1.73. The summed E-state index contributed by atoms with van der Waals surface area (Å²) in [7, 11) is 0. The van der Waals surface area contributed by atoms with Crippen molar-refractivity contribution in [3.8, 4) is 0 Å². The lowest BCUT2D eigenvalue weighted by molar-refractivity contribution is 0.168. The first-order valence-corrected chi connectivity index (χ1v) is 7.84. The van der Waals surface area contributed by atoms with E-state index in [1.54, 1.807) is 6.07 Å². The summed E-state index contributed by atoms with van der Waals surface area (Å²) >= 11 is 3.45. The van der Waals surface area contributed by atoms with E-state index in [1.807, 2.05) is 37.3 Å². The lowest BCUT2D eigenvalue weighted by atomic mass is 10.1. The average molecular weight is 352 g/mol. The minimum absolute atomic E-state index is 0.239. The van der Waals surface area contributed by atoms with Gasteiger partial charge in [0, 0.05) is 23.2 Å². The van der Waals surface area contributed by atoms with E-state index in [9.17, 15) is 9.50 Å². The van der Waals surface area contributed by atoms with Crippen LogP contribution in [0.15, 0.2) is 53.0 Å². The van der Waals surface area contributed by atoms with E-state index in [1.165, 1.54) is 12.1 Å². The Bertz CT molecular complexity index is 591. The van der Waals surface area contributed by atoms with Gasteiger partial charge in [-0.25, -0.2) is 4.39 Å². The molecule has 1 atom stereocenters. The van der Waals surface area contributed by atoms with Crippen molar-refractivity contribution in [2.75, 3.05) is 18.0 Å². The van der Waals surface area contributed by atoms with Crippen LogP contribution in [0.2, 0.25) is 0 Å². The summed E-state index contributed by atoms with van der Waals surface area (Å²) in [6, 6.07) is 14.2. The number of halogens is 2. The Morgan fingerprint density at radius 2 is 1.95 bits per heavy atom. The molecule has 0 fully saturated rings. The predicted molar refractivity (Wildman–Crippen MR) is 88.0 cm³/mol. The molecule has 0 saturated heterocycles. The number of anilines is 1. The summed E-state index contributed by atoms with van der Waals surface area (Å²) < 4.78 is 14.2. The predicted octanol–water partition coefficient (Wildman–Crippen LogP) is 4.54. The largest absolute Gasteiger partial charge is 0.388 e. The molecule has 2 rings (SSSR count). The number of hydrogen-bond donors (Lipinski definition) is 1. The standard InChI is InChI=1S/C17H19BrFNO/c1-2-20(14-7-5-6-13(19)12-14)11-10-17(21)15-8-3-4-9-16(15)18/h3-9,12,17,21H,2,10-11H2,1H3. The average Bonchev–Trinajstić information content (AvgIpc) is 2.48. The van der Waals surface area contributed by atoms with Gasteiger partial charge in [0.25, 0.3) is 0 Å². The number of hydrogen-bond acceptors (Lipinski definition) is 2. The molecule has 0 radical (unpaired) electrons. The molecule has 0 aliphatic carbocycles. The minimum Gasteiger partial charge on any atom is -0.388 e. The third-order valence-electron chi connectivity index (χ3n) is 3.49. The van der Waals surface area contributed by atoms with Gasteiger partial charge in [0.15, 0.2) is 0 Å². The van der Waals surface area contributed by atoms with Crippen LogP contribution in [0.25, 0.3) is 0 Å². The van der Waals surface area contributed by atoms with Gasteiger partial charge in [-0.3, -0.25) is 0 Å². The molecular formula is C17H19BrFNO. The van der Waals surface area contributed by atoms with Crippen LogP contribution in [-0.2, 0) is 0 Å².